The second-order valence-electron chi connectivity index (χ2n) is 5.59. The van der Waals surface area contributed by atoms with Crippen LogP contribution in [0.3, 0.4) is 0 Å². The molecular formula is C17H21NO3. The lowest BCUT2D eigenvalue weighted by Gasteiger charge is -2.28. The fourth-order valence-electron chi connectivity index (χ4n) is 2.78. The van der Waals surface area contributed by atoms with Crippen molar-refractivity contribution in [3.8, 4) is 0 Å². The number of carboxylic acid groups (broad SMARTS) is 1. The van der Waals surface area contributed by atoms with Crippen LogP contribution in [0.5, 0.6) is 0 Å². The number of carbonyl (C=O) groups excluding carboxylic acids is 1. The van der Waals surface area contributed by atoms with E-state index in [1.54, 1.807) is 6.08 Å². The molecule has 1 aromatic rings. The van der Waals surface area contributed by atoms with Gasteiger partial charge in [0.2, 0.25) is 5.91 Å². The molecule has 0 spiro atoms. The average molecular weight is 287 g/mol. The van der Waals surface area contributed by atoms with E-state index in [9.17, 15) is 14.7 Å². The summed E-state index contributed by atoms with van der Waals surface area (Å²) in [5.74, 6) is -1.51. The Morgan fingerprint density at radius 3 is 2.76 bits per heavy atom. The fraction of sp³-hybridized carbons (Fsp3) is 0.412. The molecule has 2 unspecified atom stereocenters. The van der Waals surface area contributed by atoms with Crippen LogP contribution in [0.1, 0.15) is 36.8 Å². The molecule has 0 saturated heterocycles. The highest BCUT2D eigenvalue weighted by molar-refractivity contribution is 5.92. The van der Waals surface area contributed by atoms with Crippen LogP contribution in [0.25, 0.3) is 6.08 Å². The topological polar surface area (TPSA) is 66.4 Å². The smallest absolute Gasteiger partial charge is 0.308 e. The second-order valence-corrected chi connectivity index (χ2v) is 5.59. The molecule has 1 fully saturated rings. The van der Waals surface area contributed by atoms with E-state index < -0.39 is 11.9 Å². The van der Waals surface area contributed by atoms with Gasteiger partial charge in [0.05, 0.1) is 5.92 Å². The predicted molar refractivity (Wildman–Crippen MR) is 81.7 cm³/mol. The Bertz CT molecular complexity index is 551. The molecule has 0 bridgehead atoms. The number of nitrogens with one attached hydrogen (secondary N) is 1. The van der Waals surface area contributed by atoms with E-state index >= 15 is 0 Å². The molecule has 2 N–H and O–H groups in total. The Kier molecular flexibility index (Phi) is 5.14. The minimum atomic E-state index is -0.817. The molecule has 0 heterocycles. The fourth-order valence-corrected chi connectivity index (χ4v) is 2.78. The largest absolute Gasteiger partial charge is 0.481 e. The summed E-state index contributed by atoms with van der Waals surface area (Å²) in [6.45, 7) is 2.00. The molecule has 0 aliphatic heterocycles. The van der Waals surface area contributed by atoms with Crippen LogP contribution in [-0.2, 0) is 9.59 Å². The van der Waals surface area contributed by atoms with Crippen LogP contribution in [0, 0.1) is 12.8 Å². The molecule has 1 aliphatic rings. The number of hydrogen-bond donors (Lipinski definition) is 2. The molecule has 2 rings (SSSR count). The summed E-state index contributed by atoms with van der Waals surface area (Å²) in [7, 11) is 0. The van der Waals surface area contributed by atoms with Crippen molar-refractivity contribution in [2.24, 2.45) is 5.92 Å². The van der Waals surface area contributed by atoms with Gasteiger partial charge in [0.25, 0.3) is 0 Å². The lowest BCUT2D eigenvalue weighted by atomic mass is 9.84. The van der Waals surface area contributed by atoms with Gasteiger partial charge in [-0.1, -0.05) is 42.7 Å². The molecule has 4 heteroatoms. The van der Waals surface area contributed by atoms with Crippen LogP contribution in [0.4, 0.5) is 0 Å². The molecule has 1 aliphatic carbocycles. The third kappa shape index (κ3) is 4.45. The molecule has 0 aromatic heterocycles. The number of aliphatic carboxylic acids is 1. The van der Waals surface area contributed by atoms with E-state index in [-0.39, 0.29) is 11.9 Å². The van der Waals surface area contributed by atoms with Gasteiger partial charge in [-0.05, 0) is 31.4 Å². The third-order valence-electron chi connectivity index (χ3n) is 3.88. The lowest BCUT2D eigenvalue weighted by molar-refractivity contribution is -0.144. The van der Waals surface area contributed by atoms with Crippen molar-refractivity contribution < 1.29 is 14.7 Å². The number of amides is 1. The van der Waals surface area contributed by atoms with Crippen LogP contribution >= 0.6 is 0 Å². The highest BCUT2D eigenvalue weighted by Gasteiger charge is 2.31. The molecule has 1 saturated carbocycles. The molecule has 0 radical (unpaired) electrons. The van der Waals surface area contributed by atoms with Crippen molar-refractivity contribution in [3.05, 3.63) is 41.5 Å². The Hall–Kier alpha value is -2.10. The summed E-state index contributed by atoms with van der Waals surface area (Å²) in [6.07, 6.45) is 6.49. The van der Waals surface area contributed by atoms with Crippen molar-refractivity contribution in [2.75, 3.05) is 0 Å². The van der Waals surface area contributed by atoms with Crippen molar-refractivity contribution in [1.82, 2.24) is 5.32 Å². The number of aryl methyl sites for hydroxylation is 1. The summed E-state index contributed by atoms with van der Waals surface area (Å²) in [5.41, 5.74) is 2.10. The van der Waals surface area contributed by atoms with E-state index in [0.717, 1.165) is 30.4 Å². The van der Waals surface area contributed by atoms with Crippen LogP contribution < -0.4 is 5.32 Å². The van der Waals surface area contributed by atoms with Gasteiger partial charge in [-0.25, -0.2) is 0 Å². The van der Waals surface area contributed by atoms with E-state index in [1.807, 2.05) is 31.2 Å². The first kappa shape index (κ1) is 15.3. The molecule has 21 heavy (non-hydrogen) atoms. The number of carboxylic acids is 1. The summed E-state index contributed by atoms with van der Waals surface area (Å²) in [4.78, 5) is 23.1. The van der Waals surface area contributed by atoms with Gasteiger partial charge in [0.15, 0.2) is 0 Å². The molecular weight excluding hydrogens is 266 g/mol. The van der Waals surface area contributed by atoms with Crippen LogP contribution in [0.15, 0.2) is 30.3 Å². The standard InChI is InChI=1S/C17H21NO3/c1-12-5-4-6-13(11-12)9-10-16(19)18-15-8-3-2-7-14(15)17(20)21/h4-6,9-11,14-15H,2-3,7-8H2,1H3,(H,18,19)(H,20,21). The van der Waals surface area contributed by atoms with Gasteiger partial charge in [-0.3, -0.25) is 9.59 Å². The summed E-state index contributed by atoms with van der Waals surface area (Å²) >= 11 is 0. The highest BCUT2D eigenvalue weighted by Crippen LogP contribution is 2.24. The van der Waals surface area contributed by atoms with Crippen LogP contribution in [-0.4, -0.2) is 23.0 Å². The molecule has 1 aromatic carbocycles. The van der Waals surface area contributed by atoms with Crippen molar-refractivity contribution in [3.63, 3.8) is 0 Å². The first-order valence-electron chi connectivity index (χ1n) is 7.34. The molecule has 2 atom stereocenters. The first-order valence-corrected chi connectivity index (χ1v) is 7.34. The van der Waals surface area contributed by atoms with Crippen molar-refractivity contribution >= 4 is 18.0 Å². The monoisotopic (exact) mass is 287 g/mol. The molecule has 1 amide bonds. The van der Waals surface area contributed by atoms with E-state index in [2.05, 4.69) is 5.32 Å². The van der Waals surface area contributed by atoms with E-state index in [0.29, 0.717) is 6.42 Å². The normalized spacial score (nSPS) is 22.1. The summed E-state index contributed by atoms with van der Waals surface area (Å²) < 4.78 is 0. The predicted octanol–water partition coefficient (Wildman–Crippen LogP) is 2.77. The summed E-state index contributed by atoms with van der Waals surface area (Å²) in [5, 5.41) is 12.0. The van der Waals surface area contributed by atoms with Gasteiger partial charge < -0.3 is 10.4 Å². The Morgan fingerprint density at radius 1 is 1.29 bits per heavy atom. The maximum atomic E-state index is 11.9. The van der Waals surface area contributed by atoms with Gasteiger partial charge in [0.1, 0.15) is 0 Å². The van der Waals surface area contributed by atoms with Crippen molar-refractivity contribution in [2.45, 2.75) is 38.6 Å². The number of carbonyl (C=O) groups is 2. The maximum absolute atomic E-state index is 11.9. The SMILES string of the molecule is Cc1cccc(C=CC(=O)NC2CCCCC2C(=O)O)c1. The van der Waals surface area contributed by atoms with E-state index in [1.165, 1.54) is 6.08 Å². The Balaban J connectivity index is 1.95. The van der Waals surface area contributed by atoms with Gasteiger partial charge in [-0.2, -0.15) is 0 Å². The van der Waals surface area contributed by atoms with Crippen LogP contribution in [0.2, 0.25) is 0 Å². The second kappa shape index (κ2) is 7.07. The van der Waals surface area contributed by atoms with Gasteiger partial charge in [0, 0.05) is 12.1 Å². The zero-order valence-corrected chi connectivity index (χ0v) is 12.2. The quantitative estimate of drug-likeness (QED) is 0.837. The highest BCUT2D eigenvalue weighted by atomic mass is 16.4. The zero-order chi connectivity index (χ0) is 15.2. The Labute approximate surface area is 124 Å². The molecule has 4 nitrogen and oxygen atoms in total. The maximum Gasteiger partial charge on any atom is 0.308 e. The van der Waals surface area contributed by atoms with Gasteiger partial charge >= 0.3 is 5.97 Å². The zero-order valence-electron chi connectivity index (χ0n) is 12.2. The number of benzene rings is 1. The van der Waals surface area contributed by atoms with Gasteiger partial charge in [-0.15, -0.1) is 0 Å². The average Bonchev–Trinajstić information content (AvgIpc) is 2.45. The third-order valence-corrected chi connectivity index (χ3v) is 3.88. The Morgan fingerprint density at radius 2 is 2.05 bits per heavy atom. The molecule has 112 valence electrons. The minimum absolute atomic E-state index is 0.227. The number of rotatable bonds is 4. The van der Waals surface area contributed by atoms with Crippen molar-refractivity contribution in [1.29, 1.82) is 0 Å². The van der Waals surface area contributed by atoms with E-state index in [4.69, 9.17) is 0 Å². The summed E-state index contributed by atoms with van der Waals surface area (Å²) in [6, 6.07) is 7.60. The first-order chi connectivity index (χ1) is 10.1. The number of hydrogen-bond acceptors (Lipinski definition) is 2. The minimum Gasteiger partial charge on any atom is -0.481 e. The lowest BCUT2D eigenvalue weighted by Crippen LogP contribution is -2.44.